The number of nitrogen functional groups attached to an aromatic ring is 1. The summed E-state index contributed by atoms with van der Waals surface area (Å²) < 4.78 is 5.24. The van der Waals surface area contributed by atoms with E-state index in [-0.39, 0.29) is 0 Å². The highest BCUT2D eigenvalue weighted by Crippen LogP contribution is 2.13. The highest BCUT2D eigenvalue weighted by atomic mass is 16.5. The van der Waals surface area contributed by atoms with Crippen LogP contribution in [0.3, 0.4) is 0 Å². The van der Waals surface area contributed by atoms with Gasteiger partial charge in [0.2, 0.25) is 0 Å². The van der Waals surface area contributed by atoms with Crippen molar-refractivity contribution in [2.75, 3.05) is 12.3 Å². The molecule has 0 aliphatic rings. The molecule has 0 bridgehead atoms. The summed E-state index contributed by atoms with van der Waals surface area (Å²) in [6.07, 6.45) is 1.70. The van der Waals surface area contributed by atoms with Crippen molar-refractivity contribution in [1.82, 2.24) is 0 Å². The predicted molar refractivity (Wildman–Crippen MR) is 46.5 cm³/mol. The molecule has 0 aliphatic heterocycles. The Labute approximate surface area is 66.3 Å². The first-order valence-electron chi connectivity index (χ1n) is 3.42. The average Bonchev–Trinajstić information content (AvgIpc) is 2.01. The minimum absolute atomic E-state index is 0.517. The van der Waals surface area contributed by atoms with Crippen LogP contribution in [-0.4, -0.2) is 6.61 Å². The maximum Gasteiger partial charge on any atom is 0.121 e. The first kappa shape index (κ1) is 7.66. The Balaban J connectivity index is 2.63. The zero-order valence-corrected chi connectivity index (χ0v) is 6.29. The summed E-state index contributed by atoms with van der Waals surface area (Å²) in [7, 11) is 0. The monoisotopic (exact) mass is 149 g/mol. The van der Waals surface area contributed by atoms with Crippen LogP contribution >= 0.6 is 0 Å². The van der Waals surface area contributed by atoms with Gasteiger partial charge in [0.1, 0.15) is 12.4 Å². The topological polar surface area (TPSA) is 35.2 Å². The number of ether oxygens (including phenoxy) is 1. The fourth-order valence-electron chi connectivity index (χ4n) is 0.759. The van der Waals surface area contributed by atoms with Crippen LogP contribution in [0.15, 0.2) is 36.9 Å². The van der Waals surface area contributed by atoms with Crippen molar-refractivity contribution in [3.8, 4) is 5.75 Å². The zero-order chi connectivity index (χ0) is 8.10. The molecule has 2 nitrogen and oxygen atoms in total. The molecule has 0 heterocycles. The van der Waals surface area contributed by atoms with Crippen LogP contribution < -0.4 is 10.5 Å². The second-order valence-electron chi connectivity index (χ2n) is 2.17. The molecule has 1 aromatic rings. The molecule has 0 spiro atoms. The second-order valence-corrected chi connectivity index (χ2v) is 2.17. The molecule has 0 aromatic heterocycles. The molecule has 2 N–H and O–H groups in total. The number of hydrogen-bond donors (Lipinski definition) is 1. The van der Waals surface area contributed by atoms with E-state index in [0.717, 1.165) is 5.75 Å². The third kappa shape index (κ3) is 2.34. The van der Waals surface area contributed by atoms with Gasteiger partial charge >= 0.3 is 0 Å². The fraction of sp³-hybridized carbons (Fsp3) is 0.111. The van der Waals surface area contributed by atoms with E-state index in [2.05, 4.69) is 6.58 Å². The Morgan fingerprint density at radius 3 is 3.00 bits per heavy atom. The van der Waals surface area contributed by atoms with Crippen molar-refractivity contribution >= 4 is 5.69 Å². The van der Waals surface area contributed by atoms with Crippen molar-refractivity contribution in [1.29, 1.82) is 0 Å². The van der Waals surface area contributed by atoms with Gasteiger partial charge in [0.05, 0.1) is 0 Å². The van der Waals surface area contributed by atoms with E-state index >= 15 is 0 Å². The highest BCUT2D eigenvalue weighted by molar-refractivity contribution is 5.43. The first-order chi connectivity index (χ1) is 5.33. The SMILES string of the molecule is C=CCOc1cccc(N)c1. The van der Waals surface area contributed by atoms with Crippen molar-refractivity contribution in [2.24, 2.45) is 0 Å². The van der Waals surface area contributed by atoms with Gasteiger partial charge in [0.15, 0.2) is 0 Å². The Kier molecular flexibility index (Phi) is 2.55. The van der Waals surface area contributed by atoms with E-state index in [1.807, 2.05) is 18.2 Å². The van der Waals surface area contributed by atoms with Crippen molar-refractivity contribution < 1.29 is 4.74 Å². The molecule has 58 valence electrons. The molecule has 0 saturated carbocycles. The van der Waals surface area contributed by atoms with Crippen LogP contribution in [-0.2, 0) is 0 Å². The van der Waals surface area contributed by atoms with Gasteiger partial charge in [-0.3, -0.25) is 0 Å². The highest BCUT2D eigenvalue weighted by Gasteiger charge is 1.90. The molecule has 0 radical (unpaired) electrons. The molecule has 1 rings (SSSR count). The van der Waals surface area contributed by atoms with Gasteiger partial charge in [-0.2, -0.15) is 0 Å². The Morgan fingerprint density at radius 2 is 2.36 bits per heavy atom. The standard InChI is InChI=1S/C9H11NO/c1-2-6-11-9-5-3-4-8(10)7-9/h2-5,7H,1,6,10H2. The Hall–Kier alpha value is -1.44. The summed E-state index contributed by atoms with van der Waals surface area (Å²) in [4.78, 5) is 0. The van der Waals surface area contributed by atoms with Gasteiger partial charge in [-0.25, -0.2) is 0 Å². The van der Waals surface area contributed by atoms with Gasteiger partial charge in [0.25, 0.3) is 0 Å². The third-order valence-electron chi connectivity index (χ3n) is 1.23. The lowest BCUT2D eigenvalue weighted by Gasteiger charge is -2.02. The molecule has 0 aliphatic carbocycles. The lowest BCUT2D eigenvalue weighted by atomic mass is 10.3. The number of anilines is 1. The van der Waals surface area contributed by atoms with Crippen LogP contribution in [0, 0.1) is 0 Å². The van der Waals surface area contributed by atoms with E-state index in [4.69, 9.17) is 10.5 Å². The summed E-state index contributed by atoms with van der Waals surface area (Å²) in [6.45, 7) is 4.06. The molecule has 0 unspecified atom stereocenters. The molecule has 0 saturated heterocycles. The molecule has 11 heavy (non-hydrogen) atoms. The van der Waals surface area contributed by atoms with E-state index in [1.165, 1.54) is 0 Å². The summed E-state index contributed by atoms with van der Waals surface area (Å²) >= 11 is 0. The summed E-state index contributed by atoms with van der Waals surface area (Å²) in [5.41, 5.74) is 6.24. The molecule has 0 atom stereocenters. The molecule has 2 heteroatoms. The number of rotatable bonds is 3. The number of nitrogens with two attached hydrogens (primary N) is 1. The quantitative estimate of drug-likeness (QED) is 0.525. The second kappa shape index (κ2) is 3.66. The van der Waals surface area contributed by atoms with Gasteiger partial charge in [0, 0.05) is 11.8 Å². The molecular weight excluding hydrogens is 138 g/mol. The van der Waals surface area contributed by atoms with Gasteiger partial charge in [-0.15, -0.1) is 0 Å². The first-order valence-corrected chi connectivity index (χ1v) is 3.42. The minimum atomic E-state index is 0.517. The summed E-state index contributed by atoms with van der Waals surface area (Å²) in [6, 6.07) is 7.32. The van der Waals surface area contributed by atoms with E-state index in [0.29, 0.717) is 12.3 Å². The van der Waals surface area contributed by atoms with Crippen molar-refractivity contribution in [3.63, 3.8) is 0 Å². The normalized spacial score (nSPS) is 9.09. The molecule has 0 fully saturated rings. The van der Waals surface area contributed by atoms with Gasteiger partial charge in [-0.05, 0) is 12.1 Å². The molecule has 1 aromatic carbocycles. The van der Waals surface area contributed by atoms with Crippen molar-refractivity contribution in [3.05, 3.63) is 36.9 Å². The van der Waals surface area contributed by atoms with Gasteiger partial charge in [-0.1, -0.05) is 18.7 Å². The average molecular weight is 149 g/mol. The van der Waals surface area contributed by atoms with Crippen LogP contribution in [0.5, 0.6) is 5.75 Å². The number of hydrogen-bond acceptors (Lipinski definition) is 2. The van der Waals surface area contributed by atoms with E-state index in [9.17, 15) is 0 Å². The summed E-state index contributed by atoms with van der Waals surface area (Å²) in [5, 5.41) is 0. The lowest BCUT2D eigenvalue weighted by molar-refractivity contribution is 0.363. The van der Waals surface area contributed by atoms with E-state index < -0.39 is 0 Å². The third-order valence-corrected chi connectivity index (χ3v) is 1.23. The van der Waals surface area contributed by atoms with Crippen LogP contribution in [0.4, 0.5) is 5.69 Å². The van der Waals surface area contributed by atoms with Crippen LogP contribution in [0.2, 0.25) is 0 Å². The maximum atomic E-state index is 5.52. The van der Waals surface area contributed by atoms with Crippen LogP contribution in [0.1, 0.15) is 0 Å². The van der Waals surface area contributed by atoms with Crippen molar-refractivity contribution in [2.45, 2.75) is 0 Å². The zero-order valence-electron chi connectivity index (χ0n) is 6.29. The van der Waals surface area contributed by atoms with E-state index in [1.54, 1.807) is 12.1 Å². The fourth-order valence-corrected chi connectivity index (χ4v) is 0.759. The summed E-state index contributed by atoms with van der Waals surface area (Å²) in [5.74, 6) is 0.782. The largest absolute Gasteiger partial charge is 0.489 e. The van der Waals surface area contributed by atoms with Gasteiger partial charge < -0.3 is 10.5 Å². The molecule has 0 amide bonds. The van der Waals surface area contributed by atoms with Crippen LogP contribution in [0.25, 0.3) is 0 Å². The maximum absolute atomic E-state index is 5.52. The molecular formula is C9H11NO. The Morgan fingerprint density at radius 1 is 1.55 bits per heavy atom. The lowest BCUT2D eigenvalue weighted by Crippen LogP contribution is -1.93. The minimum Gasteiger partial charge on any atom is -0.489 e. The predicted octanol–water partition coefficient (Wildman–Crippen LogP) is 1.83. The smallest absolute Gasteiger partial charge is 0.121 e. The number of benzene rings is 1. The Bertz CT molecular complexity index is 245.